The van der Waals surface area contributed by atoms with Gasteiger partial charge in [-0.15, -0.1) is 0 Å². The smallest absolute Gasteiger partial charge is 0.416 e. The highest BCUT2D eigenvalue weighted by Gasteiger charge is 2.30. The van der Waals surface area contributed by atoms with Crippen LogP contribution in [0.15, 0.2) is 42.5 Å². The lowest BCUT2D eigenvalue weighted by Crippen LogP contribution is -2.07. The first kappa shape index (κ1) is 17.5. The number of ether oxygens (including phenoxy) is 1. The molecule has 0 N–H and O–H groups in total. The molecule has 0 radical (unpaired) electrons. The monoisotopic (exact) mass is 386 g/mol. The first-order chi connectivity index (χ1) is 10.9. The molecule has 0 heterocycles. The van der Waals surface area contributed by atoms with Crippen LogP contribution in [-0.2, 0) is 16.2 Å². The number of rotatable bonds is 4. The van der Waals surface area contributed by atoms with E-state index >= 15 is 0 Å². The minimum absolute atomic E-state index is 0.279. The molecular weight excluding hydrogens is 373 g/mol. The summed E-state index contributed by atoms with van der Waals surface area (Å²) in [5, 5.41) is 0.440. The SMILES string of the molecule is CCOC(=O)c1ccc(-c2ccc(C(F)(F)F)cc2)cc1CBr. The molecule has 2 nitrogen and oxygen atoms in total. The molecule has 122 valence electrons. The van der Waals surface area contributed by atoms with Gasteiger partial charge in [-0.2, -0.15) is 13.2 Å². The fraction of sp³-hybridized carbons (Fsp3) is 0.235. The van der Waals surface area contributed by atoms with E-state index in [1.54, 1.807) is 25.1 Å². The Morgan fingerprint density at radius 1 is 1.09 bits per heavy atom. The second-order valence-corrected chi connectivity index (χ2v) is 5.36. The Morgan fingerprint density at radius 3 is 2.22 bits per heavy atom. The van der Waals surface area contributed by atoms with E-state index in [1.165, 1.54) is 12.1 Å². The van der Waals surface area contributed by atoms with E-state index in [9.17, 15) is 18.0 Å². The Labute approximate surface area is 140 Å². The first-order valence-corrected chi connectivity index (χ1v) is 8.02. The number of esters is 1. The standard InChI is InChI=1S/C17H14BrF3O2/c1-2-23-16(22)15-8-5-12(9-13(15)10-18)11-3-6-14(7-4-11)17(19,20)21/h3-9H,2,10H2,1H3. The highest BCUT2D eigenvalue weighted by molar-refractivity contribution is 9.08. The minimum atomic E-state index is -4.35. The van der Waals surface area contributed by atoms with Crippen molar-refractivity contribution < 1.29 is 22.7 Å². The molecule has 0 spiro atoms. The third kappa shape index (κ3) is 4.13. The number of alkyl halides is 4. The van der Waals surface area contributed by atoms with E-state index in [0.717, 1.165) is 23.3 Å². The van der Waals surface area contributed by atoms with Crippen LogP contribution < -0.4 is 0 Å². The van der Waals surface area contributed by atoms with Crippen molar-refractivity contribution in [2.75, 3.05) is 6.61 Å². The Kier molecular flexibility index (Phi) is 5.46. The minimum Gasteiger partial charge on any atom is -0.462 e. The highest BCUT2D eigenvalue weighted by Crippen LogP contribution is 2.31. The lowest BCUT2D eigenvalue weighted by atomic mass is 9.99. The molecule has 0 aliphatic rings. The van der Waals surface area contributed by atoms with Gasteiger partial charge in [-0.05, 0) is 47.9 Å². The number of hydrogen-bond acceptors (Lipinski definition) is 2. The van der Waals surface area contributed by atoms with Gasteiger partial charge in [0.25, 0.3) is 0 Å². The maximum atomic E-state index is 12.6. The van der Waals surface area contributed by atoms with Gasteiger partial charge in [0.05, 0.1) is 17.7 Å². The Hall–Kier alpha value is -1.82. The van der Waals surface area contributed by atoms with Crippen LogP contribution >= 0.6 is 15.9 Å². The van der Waals surface area contributed by atoms with Gasteiger partial charge in [-0.3, -0.25) is 0 Å². The average molecular weight is 387 g/mol. The zero-order valence-electron chi connectivity index (χ0n) is 12.3. The fourth-order valence-corrected chi connectivity index (χ4v) is 2.61. The number of carbonyl (C=O) groups excluding carboxylic acids is 1. The normalized spacial score (nSPS) is 11.3. The van der Waals surface area contributed by atoms with Crippen LogP contribution in [-0.4, -0.2) is 12.6 Å². The molecule has 2 rings (SSSR count). The van der Waals surface area contributed by atoms with E-state index in [0.29, 0.717) is 16.5 Å². The Bertz CT molecular complexity index is 694. The highest BCUT2D eigenvalue weighted by atomic mass is 79.9. The molecular formula is C17H14BrF3O2. The lowest BCUT2D eigenvalue weighted by Gasteiger charge is -2.11. The van der Waals surface area contributed by atoms with Crippen LogP contribution in [0, 0.1) is 0 Å². The van der Waals surface area contributed by atoms with Gasteiger partial charge in [-0.25, -0.2) is 4.79 Å². The summed E-state index contributed by atoms with van der Waals surface area (Å²) in [6, 6.07) is 10.0. The summed E-state index contributed by atoms with van der Waals surface area (Å²) in [5.41, 5.74) is 1.86. The molecule has 0 amide bonds. The molecule has 6 heteroatoms. The molecule has 2 aromatic carbocycles. The molecule has 0 fully saturated rings. The van der Waals surface area contributed by atoms with Crippen LogP contribution in [0.4, 0.5) is 13.2 Å². The lowest BCUT2D eigenvalue weighted by molar-refractivity contribution is -0.137. The third-order valence-corrected chi connectivity index (χ3v) is 3.89. The molecule has 0 atom stereocenters. The van der Waals surface area contributed by atoms with Crippen molar-refractivity contribution in [3.63, 3.8) is 0 Å². The quantitative estimate of drug-likeness (QED) is 0.516. The van der Waals surface area contributed by atoms with Crippen LogP contribution in [0.3, 0.4) is 0 Å². The van der Waals surface area contributed by atoms with Crippen molar-refractivity contribution in [3.05, 3.63) is 59.2 Å². The van der Waals surface area contributed by atoms with Crippen molar-refractivity contribution in [2.45, 2.75) is 18.4 Å². The summed E-state index contributed by atoms with van der Waals surface area (Å²) in [4.78, 5) is 11.9. The van der Waals surface area contributed by atoms with Crippen molar-refractivity contribution >= 4 is 21.9 Å². The molecule has 0 aromatic heterocycles. The molecule has 0 saturated heterocycles. The fourth-order valence-electron chi connectivity index (χ4n) is 2.14. The molecule has 0 aliphatic carbocycles. The van der Waals surface area contributed by atoms with Crippen LogP contribution in [0.1, 0.15) is 28.4 Å². The number of hydrogen-bond donors (Lipinski definition) is 0. The van der Waals surface area contributed by atoms with Gasteiger partial charge in [0.2, 0.25) is 0 Å². The van der Waals surface area contributed by atoms with Crippen molar-refractivity contribution in [2.24, 2.45) is 0 Å². The molecule has 0 saturated carbocycles. The first-order valence-electron chi connectivity index (χ1n) is 6.90. The van der Waals surface area contributed by atoms with Crippen molar-refractivity contribution in [3.8, 4) is 11.1 Å². The van der Waals surface area contributed by atoms with Gasteiger partial charge < -0.3 is 4.74 Å². The van der Waals surface area contributed by atoms with Gasteiger partial charge in [-0.1, -0.05) is 34.1 Å². The van der Waals surface area contributed by atoms with E-state index < -0.39 is 17.7 Å². The summed E-state index contributed by atoms with van der Waals surface area (Å²) >= 11 is 3.32. The average Bonchev–Trinajstić information content (AvgIpc) is 2.53. The second-order valence-electron chi connectivity index (χ2n) is 4.80. The molecule has 0 unspecified atom stereocenters. The largest absolute Gasteiger partial charge is 0.462 e. The molecule has 0 bridgehead atoms. The molecule has 2 aromatic rings. The topological polar surface area (TPSA) is 26.3 Å². The third-order valence-electron chi connectivity index (χ3n) is 3.29. The van der Waals surface area contributed by atoms with E-state index in [1.807, 2.05) is 0 Å². The van der Waals surface area contributed by atoms with E-state index in [4.69, 9.17) is 4.74 Å². The summed E-state index contributed by atoms with van der Waals surface area (Å²) in [6.07, 6.45) is -4.35. The van der Waals surface area contributed by atoms with Gasteiger partial charge in [0, 0.05) is 5.33 Å². The van der Waals surface area contributed by atoms with E-state index in [2.05, 4.69) is 15.9 Å². The summed E-state index contributed by atoms with van der Waals surface area (Å²) in [7, 11) is 0. The zero-order chi connectivity index (χ0) is 17.0. The van der Waals surface area contributed by atoms with Gasteiger partial charge in [0.15, 0.2) is 0 Å². The Morgan fingerprint density at radius 2 is 1.70 bits per heavy atom. The molecule has 0 aliphatic heterocycles. The summed E-state index contributed by atoms with van der Waals surface area (Å²) in [5.74, 6) is -0.416. The van der Waals surface area contributed by atoms with Crippen LogP contribution in [0.25, 0.3) is 11.1 Å². The van der Waals surface area contributed by atoms with E-state index in [-0.39, 0.29) is 6.61 Å². The van der Waals surface area contributed by atoms with Crippen molar-refractivity contribution in [1.82, 2.24) is 0 Å². The summed E-state index contributed by atoms with van der Waals surface area (Å²) in [6.45, 7) is 2.00. The molecule has 23 heavy (non-hydrogen) atoms. The summed E-state index contributed by atoms with van der Waals surface area (Å²) < 4.78 is 42.8. The van der Waals surface area contributed by atoms with Crippen LogP contribution in [0.5, 0.6) is 0 Å². The second kappa shape index (κ2) is 7.17. The maximum Gasteiger partial charge on any atom is 0.416 e. The van der Waals surface area contributed by atoms with Gasteiger partial charge in [0.1, 0.15) is 0 Å². The number of carbonyl (C=O) groups is 1. The van der Waals surface area contributed by atoms with Gasteiger partial charge >= 0.3 is 12.1 Å². The number of benzene rings is 2. The Balaban J connectivity index is 2.35. The predicted molar refractivity (Wildman–Crippen MR) is 85.5 cm³/mol. The zero-order valence-corrected chi connectivity index (χ0v) is 13.9. The maximum absolute atomic E-state index is 12.6. The number of halogens is 4. The van der Waals surface area contributed by atoms with Crippen LogP contribution in [0.2, 0.25) is 0 Å². The van der Waals surface area contributed by atoms with Crippen molar-refractivity contribution in [1.29, 1.82) is 0 Å². The predicted octanol–water partition coefficient (Wildman–Crippen LogP) is 5.44.